The number of phenolic OH excluding ortho intramolecular Hbond substituents is 2. The fraction of sp³-hybridized carbons (Fsp3) is 0.542. The molecule has 5 heterocycles. The predicted molar refractivity (Wildman–Crippen MR) is 297 cm³/mol. The minimum absolute atomic E-state index is 0.110. The van der Waals surface area contributed by atoms with Crippen LogP contribution in [0.25, 0.3) is 12.2 Å². The van der Waals surface area contributed by atoms with Gasteiger partial charge < -0.3 is 138 Å². The van der Waals surface area contributed by atoms with Gasteiger partial charge in [-0.25, -0.2) is 14.4 Å². The monoisotopic (exact) mass is 1310 g/mol. The van der Waals surface area contributed by atoms with Crippen LogP contribution >= 0.6 is 0 Å². The van der Waals surface area contributed by atoms with Crippen molar-refractivity contribution in [1.29, 1.82) is 0 Å². The molecule has 8 rings (SSSR count). The fourth-order valence-corrected chi connectivity index (χ4v) is 10.5. The van der Waals surface area contributed by atoms with E-state index in [-0.39, 0.29) is 17.1 Å². The first-order chi connectivity index (χ1) is 43.9. The maximum atomic E-state index is 14.2. The first-order valence-electron chi connectivity index (χ1n) is 28.6. The smallest absolute Gasteiger partial charge is 0.338 e. The molecule has 5 aliphatic heterocycles. The molecule has 14 N–H and O–H groups in total. The maximum Gasteiger partial charge on any atom is 0.338 e. The Balaban J connectivity index is 1.29. The molecular formula is C59H72O33. The first kappa shape index (κ1) is 71.1. The second kappa shape index (κ2) is 31.9. The van der Waals surface area contributed by atoms with E-state index in [2.05, 4.69) is 0 Å². The summed E-state index contributed by atoms with van der Waals surface area (Å²) in [4.78, 5) is 67.3. The number of hydrogen-bond acceptors (Lipinski definition) is 33. The molecule has 5 saturated heterocycles. The van der Waals surface area contributed by atoms with Crippen molar-refractivity contribution in [2.45, 2.75) is 161 Å². The Hall–Kier alpha value is -6.75. The van der Waals surface area contributed by atoms with Crippen LogP contribution in [0.1, 0.15) is 35.3 Å². The molecule has 33 nitrogen and oxygen atoms in total. The van der Waals surface area contributed by atoms with Crippen LogP contribution in [0.15, 0.2) is 91.0 Å². The molecule has 3 aromatic rings. The lowest BCUT2D eigenvalue weighted by Gasteiger charge is -2.51. The molecule has 0 spiro atoms. The number of ether oxygens (including phenoxy) is 14. The summed E-state index contributed by atoms with van der Waals surface area (Å²) in [6.07, 6.45) is -45.2. The van der Waals surface area contributed by atoms with E-state index < -0.39 is 216 Å². The Morgan fingerprint density at radius 1 is 0.457 bits per heavy atom. The summed E-state index contributed by atoms with van der Waals surface area (Å²) in [6, 6.07) is 17.9. The maximum absolute atomic E-state index is 14.2. The topological polar surface area (TPSA) is 498 Å². The summed E-state index contributed by atoms with van der Waals surface area (Å²) in [6.45, 7) is -4.72. The predicted octanol–water partition coefficient (Wildman–Crippen LogP) is -4.98. The molecule has 5 aliphatic rings. The Bertz CT molecular complexity index is 2970. The van der Waals surface area contributed by atoms with Crippen molar-refractivity contribution in [2.75, 3.05) is 39.6 Å². The molecule has 3 aromatic carbocycles. The molecule has 92 heavy (non-hydrogen) atoms. The Kier molecular flexibility index (Phi) is 24.7. The zero-order chi connectivity index (χ0) is 66.7. The number of carbonyl (C=O) groups excluding carboxylic acids is 5. The largest absolute Gasteiger partial charge is 0.508 e. The third kappa shape index (κ3) is 17.0. The Morgan fingerprint density at radius 2 is 0.935 bits per heavy atom. The van der Waals surface area contributed by atoms with Gasteiger partial charge >= 0.3 is 29.8 Å². The van der Waals surface area contributed by atoms with Gasteiger partial charge in [0.05, 0.1) is 32.0 Å². The van der Waals surface area contributed by atoms with Crippen LogP contribution in [0, 0.1) is 0 Å². The number of hydrogen-bond donors (Lipinski definition) is 14. The lowest BCUT2D eigenvalue weighted by molar-refractivity contribution is -0.423. The van der Waals surface area contributed by atoms with Gasteiger partial charge in [-0.05, 0) is 59.7 Å². The third-order valence-corrected chi connectivity index (χ3v) is 15.2. The molecule has 0 saturated carbocycles. The van der Waals surface area contributed by atoms with Gasteiger partial charge in [-0.2, -0.15) is 0 Å². The van der Waals surface area contributed by atoms with Crippen molar-refractivity contribution in [3.63, 3.8) is 0 Å². The van der Waals surface area contributed by atoms with Crippen LogP contribution in [0.3, 0.4) is 0 Å². The van der Waals surface area contributed by atoms with Gasteiger partial charge in [0.2, 0.25) is 5.79 Å². The highest BCUT2D eigenvalue weighted by atomic mass is 16.8. The van der Waals surface area contributed by atoms with E-state index in [1.54, 1.807) is 6.07 Å². The van der Waals surface area contributed by atoms with Gasteiger partial charge in [-0.1, -0.05) is 42.5 Å². The lowest BCUT2D eigenvalue weighted by Crippen LogP contribution is -2.70. The van der Waals surface area contributed by atoms with Crippen molar-refractivity contribution < 1.29 is 162 Å². The van der Waals surface area contributed by atoms with Gasteiger partial charge in [0.15, 0.2) is 43.5 Å². The molecular weight excluding hydrogens is 1240 g/mol. The van der Waals surface area contributed by atoms with Crippen LogP contribution < -0.4 is 0 Å². The van der Waals surface area contributed by atoms with Crippen LogP contribution in [-0.2, 0) is 85.5 Å². The summed E-state index contributed by atoms with van der Waals surface area (Å²) in [5, 5.41) is 153. The molecule has 0 bridgehead atoms. The van der Waals surface area contributed by atoms with Crippen molar-refractivity contribution in [2.24, 2.45) is 0 Å². The average molecular weight is 1310 g/mol. The number of benzene rings is 3. The van der Waals surface area contributed by atoms with Gasteiger partial charge in [0.25, 0.3) is 0 Å². The van der Waals surface area contributed by atoms with Crippen LogP contribution in [0.5, 0.6) is 11.5 Å². The fourth-order valence-electron chi connectivity index (χ4n) is 10.5. The first-order valence-corrected chi connectivity index (χ1v) is 28.6. The number of esters is 5. The molecule has 24 atom stereocenters. The van der Waals surface area contributed by atoms with E-state index in [9.17, 15) is 95.5 Å². The molecule has 5 fully saturated rings. The van der Waals surface area contributed by atoms with E-state index in [1.165, 1.54) is 84.9 Å². The summed E-state index contributed by atoms with van der Waals surface area (Å²) in [5.74, 6) is -9.00. The number of phenols is 2. The van der Waals surface area contributed by atoms with Crippen molar-refractivity contribution in [1.82, 2.24) is 0 Å². The molecule has 0 aliphatic carbocycles. The molecule has 506 valence electrons. The molecule has 24 unspecified atom stereocenters. The molecule has 33 heteroatoms. The third-order valence-electron chi connectivity index (χ3n) is 15.2. The number of aliphatic hydroxyl groups excluding tert-OH is 12. The van der Waals surface area contributed by atoms with Gasteiger partial charge in [0.1, 0.15) is 122 Å². The summed E-state index contributed by atoms with van der Waals surface area (Å²) < 4.78 is 83.9. The van der Waals surface area contributed by atoms with E-state index >= 15 is 0 Å². The SMILES string of the molecule is CC(=O)OCC1OC(OC2C(OC(=O)/C=C/c3ccc(O)cc3)C(CO)OC(OC3(COC(=O)/C=C/c4ccc(O)cc4)OC(CO)C(O)C3OC(=O)c3ccccc3)C2OC2OC(CO)C(O)C(O)C2O)C(O)C(OC2OC(CO)C(O)C(O)C2O)C1OC(C)=O. The minimum Gasteiger partial charge on any atom is -0.508 e. The van der Waals surface area contributed by atoms with Crippen LogP contribution in [-0.4, -0.2) is 288 Å². The number of aromatic hydroxyl groups is 2. The average Bonchev–Trinajstić information content (AvgIpc) is 1.38. The highest BCUT2D eigenvalue weighted by Gasteiger charge is 2.64. The quantitative estimate of drug-likeness (QED) is 0.0227. The highest BCUT2D eigenvalue weighted by Crippen LogP contribution is 2.43. The second-order valence-corrected chi connectivity index (χ2v) is 21.6. The van der Waals surface area contributed by atoms with E-state index in [4.69, 9.17) is 66.3 Å². The van der Waals surface area contributed by atoms with Crippen LogP contribution in [0.4, 0.5) is 0 Å². The van der Waals surface area contributed by atoms with Gasteiger partial charge in [-0.3, -0.25) is 9.59 Å². The van der Waals surface area contributed by atoms with E-state index in [1.807, 2.05) is 0 Å². The summed E-state index contributed by atoms with van der Waals surface area (Å²) >= 11 is 0. The molecule has 0 aromatic heterocycles. The van der Waals surface area contributed by atoms with Gasteiger partial charge in [0, 0.05) is 26.0 Å². The zero-order valence-electron chi connectivity index (χ0n) is 48.9. The molecule has 0 radical (unpaired) electrons. The van der Waals surface area contributed by atoms with Gasteiger partial charge in [-0.15, -0.1) is 0 Å². The van der Waals surface area contributed by atoms with E-state index in [0.717, 1.165) is 26.0 Å². The summed E-state index contributed by atoms with van der Waals surface area (Å²) in [5.41, 5.74) is 0.522. The second-order valence-electron chi connectivity index (χ2n) is 21.6. The van der Waals surface area contributed by atoms with Crippen LogP contribution in [0.2, 0.25) is 0 Å². The standard InChI is InChI=1S/C59H72O33/c1-26(64)79-24-37-49(81-27(2)65)50(87-55-45(75)43(73)40(70)33(20-60)82-55)47(77)57(85-37)88-51-48(86-39(69)19-13-29-10-16-32(67)17-11-29)36(23-63)84-58(52(51)89-56-46(76)44(74)41(71)34(21-61)83-56)92-59(25-80-38(68)18-12-28-8-14-31(66)15-9-28)53(42(72)35(22-62)91-59)90-54(78)30-6-4-3-5-7-30/h3-19,33-37,40-53,55-58,60-63,66-67,70-77H,20-25H2,1-2H3/b18-12+,19-13+. The number of carbonyl (C=O) groups is 5. The van der Waals surface area contributed by atoms with Crippen molar-refractivity contribution >= 4 is 42.0 Å². The zero-order valence-corrected chi connectivity index (χ0v) is 48.9. The van der Waals surface area contributed by atoms with Crippen molar-refractivity contribution in [3.8, 4) is 11.5 Å². The minimum atomic E-state index is -2.99. The summed E-state index contributed by atoms with van der Waals surface area (Å²) in [7, 11) is 0. The Labute approximate surface area is 522 Å². The number of rotatable bonds is 24. The van der Waals surface area contributed by atoms with E-state index in [0.29, 0.717) is 11.1 Å². The normalized spacial score (nSPS) is 36.5. The Morgan fingerprint density at radius 3 is 1.46 bits per heavy atom. The highest BCUT2D eigenvalue weighted by molar-refractivity contribution is 5.90. The molecule has 0 amide bonds. The number of aliphatic hydroxyl groups is 12. The lowest BCUT2D eigenvalue weighted by atomic mass is 9.95. The van der Waals surface area contributed by atoms with Crippen molar-refractivity contribution in [3.05, 3.63) is 108 Å².